The fraction of sp³-hybridized carbons (Fsp3) is 0.600. The summed E-state index contributed by atoms with van der Waals surface area (Å²) in [4.78, 5) is 2.53. The van der Waals surface area contributed by atoms with Gasteiger partial charge < -0.3 is 10.4 Å². The van der Waals surface area contributed by atoms with E-state index in [1.54, 1.807) is 6.07 Å². The van der Waals surface area contributed by atoms with Gasteiger partial charge in [0.15, 0.2) is 0 Å². The highest BCUT2D eigenvalue weighted by molar-refractivity contribution is 9.10. The van der Waals surface area contributed by atoms with Gasteiger partial charge in [-0.25, -0.2) is 0 Å². The molecule has 1 aliphatic heterocycles. The van der Waals surface area contributed by atoms with Crippen molar-refractivity contribution in [2.24, 2.45) is 0 Å². The van der Waals surface area contributed by atoms with Crippen molar-refractivity contribution in [1.82, 2.24) is 10.2 Å². The molecule has 0 aromatic heterocycles. The first-order valence-corrected chi connectivity index (χ1v) is 7.95. The van der Waals surface area contributed by atoms with Gasteiger partial charge in [0.25, 0.3) is 0 Å². The van der Waals surface area contributed by atoms with Crippen LogP contribution in [0.4, 0.5) is 0 Å². The summed E-state index contributed by atoms with van der Waals surface area (Å²) >= 11 is 3.64. The standard InChI is InChI=1S/C15H23BrN2O.2ClH/c1-2-3-4-15(18-9-7-17-8-10-18)13-11-12(19)5-6-14(13)16;;/h5-6,11,15,17,19H,2-4,7-10H2,1H3;2*1H/t15-;;/m0../s1. The zero-order chi connectivity index (χ0) is 13.7. The highest BCUT2D eigenvalue weighted by atomic mass is 79.9. The molecular formula is C15H25BrCl2N2O. The number of unbranched alkanes of at least 4 members (excludes halogenated alkanes) is 1. The summed E-state index contributed by atoms with van der Waals surface area (Å²) in [5.41, 5.74) is 1.22. The average Bonchev–Trinajstić information content (AvgIpc) is 2.44. The quantitative estimate of drug-likeness (QED) is 0.780. The minimum atomic E-state index is 0. The lowest BCUT2D eigenvalue weighted by Gasteiger charge is -2.35. The molecule has 1 aromatic rings. The number of piperazine rings is 1. The van der Waals surface area contributed by atoms with Gasteiger partial charge in [-0.3, -0.25) is 4.90 Å². The first-order valence-electron chi connectivity index (χ1n) is 7.15. The molecule has 1 atom stereocenters. The van der Waals surface area contributed by atoms with Crippen molar-refractivity contribution in [3.05, 3.63) is 28.2 Å². The van der Waals surface area contributed by atoms with Crippen LogP contribution in [0.2, 0.25) is 0 Å². The number of phenolic OH excluding ortho intramolecular Hbond substituents is 1. The fourth-order valence-corrected chi connectivity index (χ4v) is 3.22. The SMILES string of the molecule is CCCC[C@@H](c1cc(O)ccc1Br)N1CCNCC1.Cl.Cl. The molecule has 2 N–H and O–H groups in total. The second-order valence-electron chi connectivity index (χ2n) is 5.15. The van der Waals surface area contributed by atoms with Gasteiger partial charge in [0.1, 0.15) is 5.75 Å². The maximum atomic E-state index is 9.76. The Morgan fingerprint density at radius 1 is 1.29 bits per heavy atom. The highest BCUT2D eigenvalue weighted by Crippen LogP contribution is 2.34. The van der Waals surface area contributed by atoms with Gasteiger partial charge in [-0.05, 0) is 30.2 Å². The van der Waals surface area contributed by atoms with Crippen molar-refractivity contribution >= 4 is 40.7 Å². The number of nitrogens with one attached hydrogen (secondary N) is 1. The van der Waals surface area contributed by atoms with Gasteiger partial charge in [0.2, 0.25) is 0 Å². The molecule has 3 nitrogen and oxygen atoms in total. The molecule has 0 bridgehead atoms. The van der Waals surface area contributed by atoms with Crippen LogP contribution >= 0.6 is 40.7 Å². The van der Waals surface area contributed by atoms with Crippen LogP contribution in [0.25, 0.3) is 0 Å². The highest BCUT2D eigenvalue weighted by Gasteiger charge is 2.23. The van der Waals surface area contributed by atoms with E-state index in [1.807, 2.05) is 12.1 Å². The Kier molecular flexibility index (Phi) is 10.7. The number of nitrogens with zero attached hydrogens (tertiary/aromatic N) is 1. The van der Waals surface area contributed by atoms with Gasteiger partial charge in [-0.15, -0.1) is 24.8 Å². The van der Waals surface area contributed by atoms with E-state index in [0.717, 1.165) is 37.1 Å². The van der Waals surface area contributed by atoms with Crippen molar-refractivity contribution in [3.63, 3.8) is 0 Å². The van der Waals surface area contributed by atoms with Crippen LogP contribution in [0.3, 0.4) is 0 Å². The van der Waals surface area contributed by atoms with E-state index < -0.39 is 0 Å². The summed E-state index contributed by atoms with van der Waals surface area (Å²) in [6.07, 6.45) is 3.58. The average molecular weight is 400 g/mol. The summed E-state index contributed by atoms with van der Waals surface area (Å²) in [6.45, 7) is 6.50. The number of rotatable bonds is 5. The molecule has 0 amide bonds. The van der Waals surface area contributed by atoms with Gasteiger partial charge >= 0.3 is 0 Å². The van der Waals surface area contributed by atoms with Crippen molar-refractivity contribution in [3.8, 4) is 5.75 Å². The number of halogens is 3. The maximum Gasteiger partial charge on any atom is 0.115 e. The van der Waals surface area contributed by atoms with Gasteiger partial charge in [-0.2, -0.15) is 0 Å². The predicted molar refractivity (Wildman–Crippen MR) is 97.0 cm³/mol. The van der Waals surface area contributed by atoms with Crippen LogP contribution in [0.15, 0.2) is 22.7 Å². The monoisotopic (exact) mass is 398 g/mol. The van der Waals surface area contributed by atoms with E-state index >= 15 is 0 Å². The lowest BCUT2D eigenvalue weighted by molar-refractivity contribution is 0.162. The van der Waals surface area contributed by atoms with E-state index in [0.29, 0.717) is 11.8 Å². The van der Waals surface area contributed by atoms with Crippen LogP contribution in [-0.4, -0.2) is 36.2 Å². The largest absolute Gasteiger partial charge is 0.508 e. The molecule has 21 heavy (non-hydrogen) atoms. The molecule has 0 aliphatic carbocycles. The lowest BCUT2D eigenvalue weighted by atomic mass is 9.98. The Labute approximate surface area is 148 Å². The predicted octanol–water partition coefficient (Wildman–Crippen LogP) is 4.13. The van der Waals surface area contributed by atoms with Crippen molar-refractivity contribution in [1.29, 1.82) is 0 Å². The smallest absolute Gasteiger partial charge is 0.115 e. The molecule has 0 radical (unpaired) electrons. The molecule has 0 unspecified atom stereocenters. The third-order valence-corrected chi connectivity index (χ3v) is 4.48. The third-order valence-electron chi connectivity index (χ3n) is 3.76. The van der Waals surface area contributed by atoms with Crippen molar-refractivity contribution in [2.75, 3.05) is 26.2 Å². The Morgan fingerprint density at radius 2 is 1.95 bits per heavy atom. The second kappa shape index (κ2) is 10.7. The van der Waals surface area contributed by atoms with Crippen LogP contribution in [0, 0.1) is 0 Å². The first-order chi connectivity index (χ1) is 9.22. The van der Waals surface area contributed by atoms with Crippen LogP contribution in [-0.2, 0) is 0 Å². The van der Waals surface area contributed by atoms with Gasteiger partial charge in [-0.1, -0.05) is 35.7 Å². The summed E-state index contributed by atoms with van der Waals surface area (Å²) in [5, 5.41) is 13.2. The zero-order valence-corrected chi connectivity index (χ0v) is 15.6. The molecule has 1 saturated heterocycles. The van der Waals surface area contributed by atoms with E-state index in [2.05, 4.69) is 33.1 Å². The van der Waals surface area contributed by atoms with Crippen LogP contribution in [0.1, 0.15) is 37.8 Å². The molecule has 0 saturated carbocycles. The lowest BCUT2D eigenvalue weighted by Crippen LogP contribution is -2.45. The van der Waals surface area contributed by atoms with E-state index in [9.17, 15) is 5.11 Å². The van der Waals surface area contributed by atoms with E-state index in [4.69, 9.17) is 0 Å². The summed E-state index contributed by atoms with van der Waals surface area (Å²) in [6, 6.07) is 6.00. The molecule has 2 rings (SSSR count). The van der Waals surface area contributed by atoms with Crippen molar-refractivity contribution < 1.29 is 5.11 Å². The minimum absolute atomic E-state index is 0. The number of aromatic hydroxyl groups is 1. The van der Waals surface area contributed by atoms with Gasteiger partial charge in [0.05, 0.1) is 0 Å². The Morgan fingerprint density at radius 3 is 2.57 bits per heavy atom. The number of benzene rings is 1. The third kappa shape index (κ3) is 5.95. The molecule has 0 spiro atoms. The first kappa shape index (κ1) is 21.0. The summed E-state index contributed by atoms with van der Waals surface area (Å²) in [7, 11) is 0. The molecular weight excluding hydrogens is 375 g/mol. The molecule has 1 heterocycles. The number of hydrogen-bond acceptors (Lipinski definition) is 3. The Balaban J connectivity index is 0.00000200. The van der Waals surface area contributed by atoms with Crippen molar-refractivity contribution in [2.45, 2.75) is 32.2 Å². The Hall–Kier alpha value is -0.000000000000000222. The molecule has 6 heteroatoms. The summed E-state index contributed by atoms with van der Waals surface area (Å²) < 4.78 is 1.10. The normalized spacial score (nSPS) is 16.7. The molecule has 1 fully saturated rings. The summed E-state index contributed by atoms with van der Waals surface area (Å²) in [5.74, 6) is 0.356. The minimum Gasteiger partial charge on any atom is -0.508 e. The molecule has 122 valence electrons. The van der Waals surface area contributed by atoms with Crippen LogP contribution in [0.5, 0.6) is 5.75 Å². The zero-order valence-electron chi connectivity index (χ0n) is 12.3. The topological polar surface area (TPSA) is 35.5 Å². The maximum absolute atomic E-state index is 9.76. The molecule has 1 aromatic carbocycles. The molecule has 1 aliphatic rings. The number of hydrogen-bond donors (Lipinski definition) is 2. The van der Waals surface area contributed by atoms with Gasteiger partial charge in [0, 0.05) is 36.7 Å². The van der Waals surface area contributed by atoms with Crippen LogP contribution < -0.4 is 5.32 Å². The number of phenols is 1. The van der Waals surface area contributed by atoms with E-state index in [-0.39, 0.29) is 24.8 Å². The fourth-order valence-electron chi connectivity index (χ4n) is 2.71. The van der Waals surface area contributed by atoms with E-state index in [1.165, 1.54) is 18.4 Å². The Bertz CT molecular complexity index is 415. The second-order valence-corrected chi connectivity index (χ2v) is 6.00.